The number of aliphatic hydroxyl groups is 2. The highest BCUT2D eigenvalue weighted by molar-refractivity contribution is 6.37. The number of ether oxygens (including phenoxy) is 1. The third kappa shape index (κ3) is 3.99. The molecule has 14 heteroatoms. The molecule has 0 radical (unpaired) electrons. The number of H-pyrrole nitrogens is 1. The third-order valence-electron chi connectivity index (χ3n) is 8.79. The number of benzene rings is 2. The summed E-state index contributed by atoms with van der Waals surface area (Å²) in [6.07, 6.45) is 1.000. The first-order valence-electron chi connectivity index (χ1n) is 14.0. The number of oxime groups is 1. The molecule has 236 valence electrons. The lowest BCUT2D eigenvalue weighted by Crippen LogP contribution is -2.51. The van der Waals surface area contributed by atoms with Crippen molar-refractivity contribution >= 4 is 40.1 Å². The van der Waals surface area contributed by atoms with Crippen molar-refractivity contribution in [3.05, 3.63) is 142 Å². The monoisotopic (exact) mass is 658 g/mol. The minimum absolute atomic E-state index is 0.00606. The third-order valence-corrected chi connectivity index (χ3v) is 9.22. The zero-order chi connectivity index (χ0) is 33.5. The van der Waals surface area contributed by atoms with E-state index in [9.17, 15) is 43.7 Å². The quantitative estimate of drug-likeness (QED) is 0.155. The summed E-state index contributed by atoms with van der Waals surface area (Å²) in [4.78, 5) is 74.1. The molecule has 7 rings (SSSR count). The zero-order valence-corrected chi connectivity index (χ0v) is 24.8. The lowest BCUT2D eigenvalue weighted by molar-refractivity contribution is 0.132. The fourth-order valence-electron chi connectivity index (χ4n) is 6.67. The van der Waals surface area contributed by atoms with E-state index < -0.39 is 82.4 Å². The molecule has 0 aliphatic heterocycles. The molecular weight excluding hydrogens is 639 g/mol. The van der Waals surface area contributed by atoms with Gasteiger partial charge in [0.2, 0.25) is 16.3 Å². The van der Waals surface area contributed by atoms with E-state index in [2.05, 4.69) is 10.1 Å². The van der Waals surface area contributed by atoms with E-state index in [-0.39, 0.29) is 52.1 Å². The van der Waals surface area contributed by atoms with Crippen LogP contribution in [0.5, 0.6) is 11.5 Å². The summed E-state index contributed by atoms with van der Waals surface area (Å²) in [5, 5.41) is 35.4. The molecule has 4 aliphatic rings. The van der Waals surface area contributed by atoms with Gasteiger partial charge in [-0.2, -0.15) is 0 Å². The van der Waals surface area contributed by atoms with Crippen molar-refractivity contribution in [2.75, 3.05) is 7.11 Å². The number of methoxy groups -OCH3 is 1. The number of pyridine rings is 1. The molecule has 2 aromatic carbocycles. The molecule has 0 fully saturated rings. The molecule has 1 heterocycles. The maximum Gasteiger partial charge on any atom is 0.260 e. The number of phenols is 1. The number of phenolic OH excluding ortho intramolecular Hbond substituents is 1. The summed E-state index contributed by atoms with van der Waals surface area (Å²) in [5.41, 5.74) is -6.52. The summed E-state index contributed by atoms with van der Waals surface area (Å²) in [7, 11) is 1.10. The van der Waals surface area contributed by atoms with E-state index in [0.717, 1.165) is 13.2 Å². The SMILES string of the molecule is COc1cc(=O)c2c(=O)c3c(c(=O)c=2c1=O)=C(O)[C@]1(CCc2c1c(O)c1c(=O)[nH]c(/C=N/OCc4ccc(F)cc4)cc1c2Cl)C=3O. The van der Waals surface area contributed by atoms with Gasteiger partial charge in [-0.15, -0.1) is 0 Å². The number of hydrogen-bond donors (Lipinski definition) is 4. The van der Waals surface area contributed by atoms with Crippen LogP contribution in [0.1, 0.15) is 28.8 Å². The van der Waals surface area contributed by atoms with E-state index in [1.165, 1.54) is 36.5 Å². The first-order chi connectivity index (χ1) is 22.4. The number of aromatic hydroxyl groups is 1. The maximum absolute atomic E-state index is 13.7. The van der Waals surface area contributed by atoms with Crippen molar-refractivity contribution < 1.29 is 29.3 Å². The Morgan fingerprint density at radius 3 is 2.28 bits per heavy atom. The number of nitrogens with zero attached hydrogens (tertiary/aromatic N) is 1. The zero-order valence-electron chi connectivity index (χ0n) is 24.1. The van der Waals surface area contributed by atoms with E-state index in [1.807, 2.05) is 0 Å². The second-order valence-electron chi connectivity index (χ2n) is 11.2. The van der Waals surface area contributed by atoms with Gasteiger partial charge in [0.15, 0.2) is 11.2 Å². The molecule has 47 heavy (non-hydrogen) atoms. The highest BCUT2D eigenvalue weighted by atomic mass is 35.5. The number of fused-ring (bicyclic) bond motifs is 4. The highest BCUT2D eigenvalue weighted by Crippen LogP contribution is 2.56. The Bertz CT molecular complexity index is 2740. The molecule has 3 aromatic rings. The Kier molecular flexibility index (Phi) is 6.58. The predicted molar refractivity (Wildman–Crippen MR) is 167 cm³/mol. The average Bonchev–Trinajstić information content (AvgIpc) is 3.55. The van der Waals surface area contributed by atoms with Crippen LogP contribution in [-0.4, -0.2) is 33.6 Å². The van der Waals surface area contributed by atoms with Crippen LogP contribution in [0.25, 0.3) is 22.3 Å². The van der Waals surface area contributed by atoms with Crippen molar-refractivity contribution in [1.82, 2.24) is 4.98 Å². The lowest BCUT2D eigenvalue weighted by atomic mass is 9.78. The molecule has 1 aromatic heterocycles. The fraction of sp³-hybridized carbons (Fsp3) is 0.152. The molecule has 1 atom stereocenters. The predicted octanol–water partition coefficient (Wildman–Crippen LogP) is 0.857. The van der Waals surface area contributed by atoms with E-state index >= 15 is 0 Å². The second kappa shape index (κ2) is 10.4. The first-order valence-corrected chi connectivity index (χ1v) is 14.4. The van der Waals surface area contributed by atoms with E-state index in [1.54, 1.807) is 0 Å². The average molecular weight is 659 g/mol. The Morgan fingerprint density at radius 2 is 1.62 bits per heavy atom. The van der Waals surface area contributed by atoms with Gasteiger partial charge in [-0.05, 0) is 42.2 Å². The number of hydrogen-bond acceptors (Lipinski definition) is 11. The van der Waals surface area contributed by atoms with Gasteiger partial charge in [-0.1, -0.05) is 28.9 Å². The molecule has 0 bridgehead atoms. The first kappa shape index (κ1) is 29.9. The molecule has 0 amide bonds. The van der Waals surface area contributed by atoms with Gasteiger partial charge in [0.25, 0.3) is 5.56 Å². The van der Waals surface area contributed by atoms with Crippen LogP contribution >= 0.6 is 11.6 Å². The van der Waals surface area contributed by atoms with Crippen molar-refractivity contribution in [2.45, 2.75) is 24.9 Å². The molecular formula is C33H20ClFN2O10. The molecule has 0 saturated carbocycles. The van der Waals surface area contributed by atoms with E-state index in [4.69, 9.17) is 21.2 Å². The molecule has 0 saturated heterocycles. The van der Waals surface area contributed by atoms with Gasteiger partial charge in [0.1, 0.15) is 35.1 Å². The van der Waals surface area contributed by atoms with Crippen molar-refractivity contribution in [3.8, 4) is 11.5 Å². The number of rotatable bonds is 5. The minimum Gasteiger partial charge on any atom is -0.510 e. The van der Waals surface area contributed by atoms with Crippen LogP contribution in [-0.2, 0) is 23.3 Å². The summed E-state index contributed by atoms with van der Waals surface area (Å²) < 4.78 is 18.0. The van der Waals surface area contributed by atoms with Crippen LogP contribution in [0.15, 0.2) is 65.5 Å². The van der Waals surface area contributed by atoms with E-state index in [0.29, 0.717) is 5.56 Å². The fourth-order valence-corrected chi connectivity index (χ4v) is 7.01. The largest absolute Gasteiger partial charge is 0.510 e. The smallest absolute Gasteiger partial charge is 0.260 e. The standard InChI is InChI=1S/C33H20ClFN2O10/c1-46-18-9-17(38)20-21(26(18)39)28(41)23-22(27(20)40)30(43)33(31(23)44)7-6-15-24(33)29(42)19-16(25(15)34)8-14(37-32(19)45)10-36-47-11-12-2-4-13(35)5-3-12/h2-5,8-10,42-44H,6-7,11H2,1H3,(H,37,45)/b36-10+/t33-/m0/s1. The van der Waals surface area contributed by atoms with Gasteiger partial charge in [-0.25, -0.2) is 4.39 Å². The number of halogens is 2. The topological polar surface area (TPSA) is 193 Å². The number of aromatic nitrogens is 1. The van der Waals surface area contributed by atoms with Crippen molar-refractivity contribution in [1.29, 1.82) is 0 Å². The summed E-state index contributed by atoms with van der Waals surface area (Å²) in [5.74, 6) is -3.24. The Balaban J connectivity index is 1.42. The van der Waals surface area contributed by atoms with Crippen LogP contribution in [0, 0.1) is 16.3 Å². The summed E-state index contributed by atoms with van der Waals surface area (Å²) in [6.45, 7) is 0.0135. The van der Waals surface area contributed by atoms with Gasteiger partial charge in [0, 0.05) is 17.0 Å². The van der Waals surface area contributed by atoms with Crippen LogP contribution in [0.2, 0.25) is 5.02 Å². The van der Waals surface area contributed by atoms with Crippen molar-refractivity contribution in [2.24, 2.45) is 5.16 Å². The molecule has 1 spiro atoms. The van der Waals surface area contributed by atoms with Gasteiger partial charge < -0.3 is 29.9 Å². The van der Waals surface area contributed by atoms with Gasteiger partial charge in [-0.3, -0.25) is 24.0 Å². The Hall–Kier alpha value is -5.82. The molecule has 4 aliphatic carbocycles. The summed E-state index contributed by atoms with van der Waals surface area (Å²) in [6, 6.07) is 7.75. The number of aliphatic hydroxyl groups excluding tert-OH is 2. The van der Waals surface area contributed by atoms with Gasteiger partial charge in [0.05, 0.1) is 50.3 Å². The summed E-state index contributed by atoms with van der Waals surface area (Å²) >= 11 is 6.78. The Labute approximate surface area is 264 Å². The number of nitrogens with one attached hydrogen (secondary N) is 1. The maximum atomic E-state index is 13.7. The molecule has 0 unspecified atom stereocenters. The number of aromatic amines is 1. The lowest BCUT2D eigenvalue weighted by Gasteiger charge is -2.27. The van der Waals surface area contributed by atoms with Crippen LogP contribution < -0.4 is 42.4 Å². The van der Waals surface area contributed by atoms with Gasteiger partial charge >= 0.3 is 0 Å². The minimum atomic E-state index is -2.09. The normalized spacial score (nSPS) is 16.9. The highest BCUT2D eigenvalue weighted by Gasteiger charge is 2.53. The van der Waals surface area contributed by atoms with Crippen molar-refractivity contribution in [3.63, 3.8) is 0 Å². The second-order valence-corrected chi connectivity index (χ2v) is 11.5. The van der Waals surface area contributed by atoms with Crippen LogP contribution in [0.4, 0.5) is 4.39 Å². The molecule has 4 N–H and O–H groups in total. The van der Waals surface area contributed by atoms with Crippen LogP contribution in [0.3, 0.4) is 0 Å². The Morgan fingerprint density at radius 1 is 0.957 bits per heavy atom. The molecule has 12 nitrogen and oxygen atoms in total.